The van der Waals surface area contributed by atoms with Gasteiger partial charge in [-0.15, -0.1) is 0 Å². The van der Waals surface area contributed by atoms with Gasteiger partial charge in [0.05, 0.1) is 0 Å². The Labute approximate surface area is 96.5 Å². The molecule has 1 saturated carbocycles. The third-order valence-corrected chi connectivity index (χ3v) is 4.53. The maximum absolute atomic E-state index is 8.62. The second kappa shape index (κ2) is 5.92. The van der Waals surface area contributed by atoms with Crippen molar-refractivity contribution in [1.29, 1.82) is 0 Å². The lowest BCUT2D eigenvalue weighted by atomic mass is 9.71. The van der Waals surface area contributed by atoms with E-state index in [1.165, 1.54) is 18.6 Å². The molecule has 0 aliphatic heterocycles. The molecule has 86 valence electrons. The van der Waals surface area contributed by atoms with E-state index in [0.29, 0.717) is 6.61 Å². The summed E-state index contributed by atoms with van der Waals surface area (Å²) < 4.78 is 0. The van der Waals surface area contributed by atoms with Gasteiger partial charge in [-0.1, -0.05) is 12.2 Å². The number of rotatable bonds is 7. The van der Waals surface area contributed by atoms with Gasteiger partial charge in [-0.2, -0.15) is 11.8 Å². The van der Waals surface area contributed by atoms with Crippen molar-refractivity contribution in [3.63, 3.8) is 0 Å². The van der Waals surface area contributed by atoms with Crippen molar-refractivity contribution >= 4 is 11.8 Å². The highest BCUT2D eigenvalue weighted by molar-refractivity contribution is 7.99. The Morgan fingerprint density at radius 1 is 1.40 bits per heavy atom. The Morgan fingerprint density at radius 3 is 3.13 bits per heavy atom. The van der Waals surface area contributed by atoms with Crippen molar-refractivity contribution in [3.8, 4) is 0 Å². The Hall–Kier alpha value is 0.0100. The lowest BCUT2D eigenvalue weighted by Crippen LogP contribution is -2.48. The number of fused-ring (bicyclic) bond motifs is 1. The predicted octanol–water partition coefficient (Wildman–Crippen LogP) is 1.66. The van der Waals surface area contributed by atoms with Gasteiger partial charge in [0.2, 0.25) is 0 Å². The van der Waals surface area contributed by atoms with Crippen LogP contribution >= 0.6 is 11.8 Å². The molecule has 2 nitrogen and oxygen atoms in total. The maximum Gasteiger partial charge on any atom is 0.0438 e. The zero-order chi connectivity index (χ0) is 10.5. The second-order valence-corrected chi connectivity index (χ2v) is 5.71. The van der Waals surface area contributed by atoms with E-state index in [9.17, 15) is 0 Å². The molecule has 0 aromatic carbocycles. The fourth-order valence-electron chi connectivity index (χ4n) is 2.53. The molecule has 0 saturated heterocycles. The first-order valence-corrected chi connectivity index (χ1v) is 7.16. The summed E-state index contributed by atoms with van der Waals surface area (Å²) in [5.74, 6) is 4.07. The lowest BCUT2D eigenvalue weighted by molar-refractivity contribution is 0.166. The third kappa shape index (κ3) is 2.99. The molecule has 3 atom stereocenters. The summed E-state index contributed by atoms with van der Waals surface area (Å²) in [6.07, 6.45) is 8.35. The smallest absolute Gasteiger partial charge is 0.0438 e. The van der Waals surface area contributed by atoms with E-state index >= 15 is 0 Å². The average molecular weight is 227 g/mol. The Balaban J connectivity index is 1.47. The van der Waals surface area contributed by atoms with Crippen LogP contribution in [0.15, 0.2) is 12.2 Å². The number of aliphatic hydroxyl groups excluding tert-OH is 1. The van der Waals surface area contributed by atoms with E-state index in [1.807, 2.05) is 11.8 Å². The number of nitrogens with one attached hydrogen (secondary N) is 1. The molecule has 0 spiro atoms. The van der Waals surface area contributed by atoms with Crippen LogP contribution in [0.3, 0.4) is 0 Å². The quantitative estimate of drug-likeness (QED) is 0.512. The molecule has 0 radical (unpaired) electrons. The maximum atomic E-state index is 8.62. The number of hydrogen-bond acceptors (Lipinski definition) is 3. The van der Waals surface area contributed by atoms with E-state index < -0.39 is 0 Å². The molecule has 3 unspecified atom stereocenters. The summed E-state index contributed by atoms with van der Waals surface area (Å²) in [7, 11) is 0. The van der Waals surface area contributed by atoms with E-state index in [2.05, 4.69) is 17.5 Å². The van der Waals surface area contributed by atoms with Crippen LogP contribution in [-0.2, 0) is 0 Å². The fraction of sp³-hybridized carbons (Fsp3) is 0.833. The van der Waals surface area contributed by atoms with Gasteiger partial charge in [0.1, 0.15) is 0 Å². The van der Waals surface area contributed by atoms with Crippen LogP contribution in [-0.4, -0.2) is 35.8 Å². The zero-order valence-corrected chi connectivity index (χ0v) is 10.0. The van der Waals surface area contributed by atoms with Gasteiger partial charge in [-0.3, -0.25) is 0 Å². The summed E-state index contributed by atoms with van der Waals surface area (Å²) in [5.41, 5.74) is 0. The number of hydrogen-bond donors (Lipinski definition) is 2. The zero-order valence-electron chi connectivity index (χ0n) is 9.19. The molecule has 0 aromatic heterocycles. The SMILES string of the molecule is OCCCSCCNC1CC2CC=CC21. The molecule has 0 aromatic rings. The Kier molecular flexibility index (Phi) is 4.54. The standard InChI is InChI=1S/C12H21NOS/c14-6-2-7-15-8-5-13-12-9-10-3-1-4-11(10)12/h1,4,10-14H,2-3,5-9H2. The van der Waals surface area contributed by atoms with Gasteiger partial charge >= 0.3 is 0 Å². The van der Waals surface area contributed by atoms with Crippen LogP contribution in [0.4, 0.5) is 0 Å². The van der Waals surface area contributed by atoms with Crippen molar-refractivity contribution in [2.24, 2.45) is 11.8 Å². The summed E-state index contributed by atoms with van der Waals surface area (Å²) in [6.45, 7) is 1.45. The molecule has 1 fully saturated rings. The van der Waals surface area contributed by atoms with Crippen molar-refractivity contribution < 1.29 is 5.11 Å². The van der Waals surface area contributed by atoms with Gasteiger partial charge in [-0.05, 0) is 36.9 Å². The van der Waals surface area contributed by atoms with Gasteiger partial charge in [0, 0.05) is 24.9 Å². The highest BCUT2D eigenvalue weighted by Gasteiger charge is 2.40. The van der Waals surface area contributed by atoms with Crippen molar-refractivity contribution in [1.82, 2.24) is 5.32 Å². The minimum absolute atomic E-state index is 0.331. The summed E-state index contributed by atoms with van der Waals surface area (Å²) in [4.78, 5) is 0. The largest absolute Gasteiger partial charge is 0.396 e. The lowest BCUT2D eigenvalue weighted by Gasteiger charge is -2.40. The first kappa shape index (κ1) is 11.5. The Morgan fingerprint density at radius 2 is 2.33 bits per heavy atom. The van der Waals surface area contributed by atoms with Crippen LogP contribution in [0.5, 0.6) is 0 Å². The molecule has 2 N–H and O–H groups in total. The second-order valence-electron chi connectivity index (χ2n) is 4.49. The van der Waals surface area contributed by atoms with Crippen LogP contribution in [0.25, 0.3) is 0 Å². The summed E-state index contributed by atoms with van der Waals surface area (Å²) in [6, 6.07) is 0.757. The van der Waals surface area contributed by atoms with Crippen molar-refractivity contribution in [2.75, 3.05) is 24.7 Å². The van der Waals surface area contributed by atoms with Crippen LogP contribution < -0.4 is 5.32 Å². The fourth-order valence-corrected chi connectivity index (χ4v) is 3.33. The van der Waals surface area contributed by atoms with Gasteiger partial charge < -0.3 is 10.4 Å². The number of aliphatic hydroxyl groups is 1. The third-order valence-electron chi connectivity index (χ3n) is 3.46. The van der Waals surface area contributed by atoms with Crippen molar-refractivity contribution in [3.05, 3.63) is 12.2 Å². The Bertz CT molecular complexity index is 220. The van der Waals surface area contributed by atoms with E-state index in [0.717, 1.165) is 36.6 Å². The minimum atomic E-state index is 0.331. The average Bonchev–Trinajstić information content (AvgIpc) is 2.59. The van der Waals surface area contributed by atoms with Gasteiger partial charge in [0.25, 0.3) is 0 Å². The van der Waals surface area contributed by atoms with Gasteiger partial charge in [-0.25, -0.2) is 0 Å². The normalized spacial score (nSPS) is 32.7. The van der Waals surface area contributed by atoms with Crippen LogP contribution in [0.2, 0.25) is 0 Å². The molecule has 0 amide bonds. The molecule has 15 heavy (non-hydrogen) atoms. The molecule has 0 bridgehead atoms. The molecular formula is C12H21NOS. The number of allylic oxidation sites excluding steroid dienone is 1. The number of thioether (sulfide) groups is 1. The molecule has 2 aliphatic carbocycles. The summed E-state index contributed by atoms with van der Waals surface area (Å²) >= 11 is 1.94. The van der Waals surface area contributed by atoms with E-state index in [-0.39, 0.29) is 0 Å². The molecular weight excluding hydrogens is 206 g/mol. The molecule has 3 heteroatoms. The highest BCUT2D eigenvalue weighted by atomic mass is 32.2. The first-order chi connectivity index (χ1) is 7.42. The van der Waals surface area contributed by atoms with Crippen molar-refractivity contribution in [2.45, 2.75) is 25.3 Å². The van der Waals surface area contributed by atoms with Crippen LogP contribution in [0, 0.1) is 11.8 Å². The molecule has 0 heterocycles. The molecule has 2 rings (SSSR count). The predicted molar refractivity (Wildman–Crippen MR) is 66.2 cm³/mol. The van der Waals surface area contributed by atoms with E-state index in [4.69, 9.17) is 5.11 Å². The van der Waals surface area contributed by atoms with Gasteiger partial charge in [0.15, 0.2) is 0 Å². The topological polar surface area (TPSA) is 32.3 Å². The summed E-state index contributed by atoms with van der Waals surface area (Å²) in [5, 5.41) is 12.3. The van der Waals surface area contributed by atoms with E-state index in [1.54, 1.807) is 0 Å². The highest BCUT2D eigenvalue weighted by Crippen LogP contribution is 2.42. The monoisotopic (exact) mass is 227 g/mol. The van der Waals surface area contributed by atoms with Crippen LogP contribution in [0.1, 0.15) is 19.3 Å². The molecule has 2 aliphatic rings. The first-order valence-electron chi connectivity index (χ1n) is 6.00. The minimum Gasteiger partial charge on any atom is -0.396 e.